The summed E-state index contributed by atoms with van der Waals surface area (Å²) in [4.78, 5) is 24.1. The van der Waals surface area contributed by atoms with E-state index >= 15 is 0 Å². The predicted molar refractivity (Wildman–Crippen MR) is 94.8 cm³/mol. The normalized spacial score (nSPS) is 10.1. The topological polar surface area (TPSA) is 67.4 Å². The van der Waals surface area contributed by atoms with Crippen LogP contribution in [0.5, 0.6) is 5.75 Å². The molecule has 0 aliphatic carbocycles. The summed E-state index contributed by atoms with van der Waals surface area (Å²) in [5.41, 5.74) is 1.71. The summed E-state index contributed by atoms with van der Waals surface area (Å²) in [6, 6.07) is 12.0. The van der Waals surface area contributed by atoms with Crippen LogP contribution in [0.25, 0.3) is 0 Å². The molecule has 0 atom stereocenters. The van der Waals surface area contributed by atoms with Gasteiger partial charge in [0.25, 0.3) is 11.8 Å². The minimum Gasteiger partial charge on any atom is -0.483 e. The highest BCUT2D eigenvalue weighted by molar-refractivity contribution is 6.30. The van der Waals surface area contributed by atoms with Crippen molar-refractivity contribution in [3.63, 3.8) is 0 Å². The Bertz CT molecular complexity index is 747. The minimum absolute atomic E-state index is 0.161. The zero-order valence-electron chi connectivity index (χ0n) is 13.6. The number of hydrogen-bond acceptors (Lipinski definition) is 3. The third kappa shape index (κ3) is 4.73. The third-order valence-corrected chi connectivity index (χ3v) is 3.51. The molecule has 2 N–H and O–H groups in total. The molecule has 24 heavy (non-hydrogen) atoms. The smallest absolute Gasteiger partial charge is 0.262 e. The Morgan fingerprint density at radius 2 is 1.92 bits per heavy atom. The first kappa shape index (κ1) is 17.8. The number of rotatable bonds is 6. The van der Waals surface area contributed by atoms with Crippen LogP contribution in [0.15, 0.2) is 42.5 Å². The second kappa shape index (κ2) is 8.36. The summed E-state index contributed by atoms with van der Waals surface area (Å²) in [7, 11) is 0. The lowest BCUT2D eigenvalue weighted by molar-refractivity contribution is -0.118. The molecule has 0 saturated carbocycles. The standard InChI is InChI=1S/C18H19ClN2O3/c1-3-20-18(23)14-6-4-5-7-15(14)21-17(22)11-24-16-9-8-13(19)10-12(16)2/h4-10H,3,11H2,1-2H3,(H,20,23)(H,21,22). The maximum Gasteiger partial charge on any atom is 0.262 e. The fraction of sp³-hybridized carbons (Fsp3) is 0.222. The van der Waals surface area contributed by atoms with E-state index < -0.39 is 0 Å². The van der Waals surface area contributed by atoms with Crippen molar-refractivity contribution in [3.8, 4) is 5.75 Å². The van der Waals surface area contributed by atoms with E-state index in [2.05, 4.69) is 10.6 Å². The Hall–Kier alpha value is -2.53. The molecule has 2 aromatic rings. The molecule has 2 rings (SSSR count). The summed E-state index contributed by atoms with van der Waals surface area (Å²) >= 11 is 5.89. The van der Waals surface area contributed by atoms with Gasteiger partial charge in [0.2, 0.25) is 0 Å². The number of ether oxygens (including phenoxy) is 1. The molecule has 0 unspecified atom stereocenters. The summed E-state index contributed by atoms with van der Waals surface area (Å²) in [5, 5.41) is 6.02. The SMILES string of the molecule is CCNC(=O)c1ccccc1NC(=O)COc1ccc(Cl)cc1C. The molecule has 0 radical (unpaired) electrons. The van der Waals surface area contributed by atoms with Gasteiger partial charge in [-0.15, -0.1) is 0 Å². The van der Waals surface area contributed by atoms with E-state index in [0.717, 1.165) is 5.56 Å². The molecular formula is C18H19ClN2O3. The van der Waals surface area contributed by atoms with E-state index in [4.69, 9.17) is 16.3 Å². The molecule has 5 nitrogen and oxygen atoms in total. The fourth-order valence-electron chi connectivity index (χ4n) is 2.15. The van der Waals surface area contributed by atoms with Crippen LogP contribution in [0.4, 0.5) is 5.69 Å². The maximum absolute atomic E-state index is 12.1. The third-order valence-electron chi connectivity index (χ3n) is 3.28. The van der Waals surface area contributed by atoms with Crippen molar-refractivity contribution < 1.29 is 14.3 Å². The molecule has 0 saturated heterocycles. The van der Waals surface area contributed by atoms with Gasteiger partial charge in [-0.2, -0.15) is 0 Å². The van der Waals surface area contributed by atoms with Gasteiger partial charge in [-0.25, -0.2) is 0 Å². The Morgan fingerprint density at radius 3 is 2.62 bits per heavy atom. The van der Waals surface area contributed by atoms with E-state index in [-0.39, 0.29) is 18.4 Å². The number of carbonyl (C=O) groups is 2. The zero-order chi connectivity index (χ0) is 17.5. The highest BCUT2D eigenvalue weighted by Gasteiger charge is 2.13. The van der Waals surface area contributed by atoms with Crippen LogP contribution in [0.2, 0.25) is 5.02 Å². The van der Waals surface area contributed by atoms with Gasteiger partial charge < -0.3 is 15.4 Å². The maximum atomic E-state index is 12.1. The van der Waals surface area contributed by atoms with Gasteiger partial charge in [0.15, 0.2) is 6.61 Å². The first-order valence-corrected chi connectivity index (χ1v) is 7.95. The van der Waals surface area contributed by atoms with Crippen molar-refractivity contribution in [1.82, 2.24) is 5.32 Å². The van der Waals surface area contributed by atoms with Crippen LogP contribution in [-0.4, -0.2) is 25.0 Å². The number of carbonyl (C=O) groups excluding carboxylic acids is 2. The van der Waals surface area contributed by atoms with E-state index in [0.29, 0.717) is 28.6 Å². The van der Waals surface area contributed by atoms with Crippen molar-refractivity contribution in [1.29, 1.82) is 0 Å². The van der Waals surface area contributed by atoms with Gasteiger partial charge in [-0.3, -0.25) is 9.59 Å². The molecule has 2 aromatic carbocycles. The average molecular weight is 347 g/mol. The molecule has 2 amide bonds. The average Bonchev–Trinajstić information content (AvgIpc) is 2.54. The van der Waals surface area contributed by atoms with Crippen molar-refractivity contribution in [2.75, 3.05) is 18.5 Å². The van der Waals surface area contributed by atoms with Crippen LogP contribution >= 0.6 is 11.6 Å². The molecule has 0 bridgehead atoms. The number of hydrogen-bond donors (Lipinski definition) is 2. The van der Waals surface area contributed by atoms with Crippen LogP contribution in [0, 0.1) is 6.92 Å². The first-order valence-electron chi connectivity index (χ1n) is 7.57. The Kier molecular flexibility index (Phi) is 6.21. The van der Waals surface area contributed by atoms with Crippen LogP contribution in [0.3, 0.4) is 0 Å². The molecule has 0 heterocycles. The molecule has 6 heteroatoms. The summed E-state index contributed by atoms with van der Waals surface area (Å²) in [5.74, 6) is 0.00974. The van der Waals surface area contributed by atoms with Gasteiger partial charge in [-0.05, 0) is 49.7 Å². The summed E-state index contributed by atoms with van der Waals surface area (Å²) in [6.07, 6.45) is 0. The lowest BCUT2D eigenvalue weighted by Crippen LogP contribution is -2.26. The predicted octanol–water partition coefficient (Wildman–Crippen LogP) is 3.42. The van der Waals surface area contributed by atoms with Gasteiger partial charge in [0, 0.05) is 11.6 Å². The number of para-hydroxylation sites is 1. The van der Waals surface area contributed by atoms with E-state index in [1.54, 1.807) is 42.5 Å². The lowest BCUT2D eigenvalue weighted by Gasteiger charge is -2.12. The lowest BCUT2D eigenvalue weighted by atomic mass is 10.1. The number of benzene rings is 2. The van der Waals surface area contributed by atoms with Crippen molar-refractivity contribution in [2.24, 2.45) is 0 Å². The number of anilines is 1. The molecule has 0 aliphatic rings. The Balaban J connectivity index is 2.01. The summed E-state index contributed by atoms with van der Waals surface area (Å²) < 4.78 is 5.50. The second-order valence-electron chi connectivity index (χ2n) is 5.15. The van der Waals surface area contributed by atoms with E-state index in [1.807, 2.05) is 13.8 Å². The fourth-order valence-corrected chi connectivity index (χ4v) is 2.38. The van der Waals surface area contributed by atoms with E-state index in [9.17, 15) is 9.59 Å². The van der Waals surface area contributed by atoms with Gasteiger partial charge in [-0.1, -0.05) is 23.7 Å². The Labute approximate surface area is 146 Å². The van der Waals surface area contributed by atoms with Gasteiger partial charge >= 0.3 is 0 Å². The van der Waals surface area contributed by atoms with Crippen molar-refractivity contribution in [3.05, 3.63) is 58.6 Å². The monoisotopic (exact) mass is 346 g/mol. The van der Waals surface area contributed by atoms with E-state index in [1.165, 1.54) is 0 Å². The second-order valence-corrected chi connectivity index (χ2v) is 5.59. The van der Waals surface area contributed by atoms with Crippen molar-refractivity contribution >= 4 is 29.1 Å². The summed E-state index contributed by atoms with van der Waals surface area (Å²) in [6.45, 7) is 4.04. The van der Waals surface area contributed by atoms with Gasteiger partial charge in [0.1, 0.15) is 5.75 Å². The highest BCUT2D eigenvalue weighted by atomic mass is 35.5. The molecule has 0 aliphatic heterocycles. The van der Waals surface area contributed by atoms with Crippen LogP contribution < -0.4 is 15.4 Å². The Morgan fingerprint density at radius 1 is 1.17 bits per heavy atom. The first-order chi connectivity index (χ1) is 11.5. The number of aryl methyl sites for hydroxylation is 1. The number of amides is 2. The van der Waals surface area contributed by atoms with Gasteiger partial charge in [0.05, 0.1) is 11.3 Å². The molecular weight excluding hydrogens is 328 g/mol. The van der Waals surface area contributed by atoms with Crippen LogP contribution in [0.1, 0.15) is 22.8 Å². The highest BCUT2D eigenvalue weighted by Crippen LogP contribution is 2.22. The number of nitrogens with one attached hydrogen (secondary N) is 2. The molecule has 0 aromatic heterocycles. The minimum atomic E-state index is -0.346. The number of halogens is 1. The van der Waals surface area contributed by atoms with Crippen LogP contribution in [-0.2, 0) is 4.79 Å². The largest absolute Gasteiger partial charge is 0.483 e. The zero-order valence-corrected chi connectivity index (χ0v) is 14.3. The molecule has 0 spiro atoms. The van der Waals surface area contributed by atoms with Crippen molar-refractivity contribution in [2.45, 2.75) is 13.8 Å². The molecule has 126 valence electrons. The quantitative estimate of drug-likeness (QED) is 0.842. The molecule has 0 fully saturated rings.